The number of aliphatic hydroxyl groups is 1. The van der Waals surface area contributed by atoms with E-state index in [-0.39, 0.29) is 18.4 Å². The van der Waals surface area contributed by atoms with Gasteiger partial charge in [-0.3, -0.25) is 4.79 Å². The fraction of sp³-hybridized carbons (Fsp3) is 0.440. The molecule has 0 bridgehead atoms. The number of carbonyl (C=O) groups excluding carboxylic acids is 1. The van der Waals surface area contributed by atoms with Gasteiger partial charge in [-0.25, -0.2) is 4.98 Å². The van der Waals surface area contributed by atoms with Gasteiger partial charge in [0.15, 0.2) is 0 Å². The molecule has 6 nitrogen and oxygen atoms in total. The molecular weight excluding hydrogens is 422 g/mol. The molecule has 5 rings (SSSR count). The Morgan fingerprint density at radius 3 is 2.62 bits per heavy atom. The number of rotatable bonds is 8. The maximum Gasteiger partial charge on any atom is 0.251 e. The minimum atomic E-state index is 0.0122. The van der Waals surface area contributed by atoms with Gasteiger partial charge in [0.2, 0.25) is 0 Å². The third-order valence-corrected chi connectivity index (χ3v) is 7.44. The fourth-order valence-electron chi connectivity index (χ4n) is 4.37. The molecule has 1 amide bonds. The zero-order valence-corrected chi connectivity index (χ0v) is 18.9. The van der Waals surface area contributed by atoms with Gasteiger partial charge in [0.05, 0.1) is 17.2 Å². The van der Waals surface area contributed by atoms with Crippen LogP contribution in [0.1, 0.15) is 64.5 Å². The van der Waals surface area contributed by atoms with Crippen molar-refractivity contribution in [3.8, 4) is 10.7 Å². The Kier molecular flexibility index (Phi) is 6.39. The van der Waals surface area contributed by atoms with E-state index in [9.17, 15) is 9.90 Å². The monoisotopic (exact) mass is 451 g/mol. The normalized spacial score (nSPS) is 17.9. The van der Waals surface area contributed by atoms with Gasteiger partial charge >= 0.3 is 0 Å². The summed E-state index contributed by atoms with van der Waals surface area (Å²) in [6.07, 6.45) is 7.11. The smallest absolute Gasteiger partial charge is 0.251 e. The van der Waals surface area contributed by atoms with Crippen LogP contribution in [0.2, 0.25) is 0 Å². The Morgan fingerprint density at radius 1 is 1.16 bits per heavy atom. The molecule has 1 saturated carbocycles. The summed E-state index contributed by atoms with van der Waals surface area (Å²) in [5.41, 5.74) is 4.06. The van der Waals surface area contributed by atoms with Crippen LogP contribution in [-0.4, -0.2) is 40.2 Å². The summed E-state index contributed by atoms with van der Waals surface area (Å²) in [5.74, 6) is 0.842. The van der Waals surface area contributed by atoms with Crippen molar-refractivity contribution < 1.29 is 14.6 Å². The molecule has 32 heavy (non-hydrogen) atoms. The average molecular weight is 452 g/mol. The van der Waals surface area contributed by atoms with E-state index in [4.69, 9.17) is 4.74 Å². The third kappa shape index (κ3) is 4.95. The standard InChI is InChI=1S/C25H29N3O3S/c29-15-20-14-26-25(32-20)23-8-7-22(28-23)21(13-16-9-11-31-12-10-16)17-1-3-18(4-2-17)24(30)27-19-5-6-19/h1-4,7-8,14,16,19,21,28-29H,5-6,9-13,15H2,(H,27,30). The second kappa shape index (κ2) is 9.57. The van der Waals surface area contributed by atoms with Crippen LogP contribution in [0.5, 0.6) is 0 Å². The zero-order valence-electron chi connectivity index (χ0n) is 18.0. The number of benzene rings is 1. The van der Waals surface area contributed by atoms with E-state index in [1.165, 1.54) is 16.9 Å². The molecule has 1 atom stereocenters. The summed E-state index contributed by atoms with van der Waals surface area (Å²) in [7, 11) is 0. The minimum Gasteiger partial charge on any atom is -0.391 e. The number of aromatic amines is 1. The van der Waals surface area contributed by atoms with Gasteiger partial charge in [-0.15, -0.1) is 11.3 Å². The molecule has 2 aromatic heterocycles. The average Bonchev–Trinajstić information content (AvgIpc) is 3.31. The highest BCUT2D eigenvalue weighted by Crippen LogP contribution is 2.36. The van der Waals surface area contributed by atoms with Crippen LogP contribution in [-0.2, 0) is 11.3 Å². The van der Waals surface area contributed by atoms with E-state index >= 15 is 0 Å². The van der Waals surface area contributed by atoms with E-state index in [0.717, 1.165) is 72.2 Å². The SMILES string of the molecule is O=C(NC1CC1)c1ccc(C(CC2CCOCC2)c2ccc(-c3ncc(CO)s3)[nH]2)cc1. The summed E-state index contributed by atoms with van der Waals surface area (Å²) >= 11 is 1.50. The lowest BCUT2D eigenvalue weighted by Crippen LogP contribution is -2.25. The van der Waals surface area contributed by atoms with Crippen LogP contribution < -0.4 is 5.32 Å². The molecule has 1 saturated heterocycles. The Bertz CT molecular complexity index is 1050. The minimum absolute atomic E-state index is 0.0122. The van der Waals surface area contributed by atoms with Crippen molar-refractivity contribution in [2.45, 2.75) is 50.7 Å². The fourth-order valence-corrected chi connectivity index (χ4v) is 5.12. The maximum absolute atomic E-state index is 12.4. The molecule has 3 aromatic rings. The summed E-state index contributed by atoms with van der Waals surface area (Å²) in [5, 5.41) is 13.3. The van der Waals surface area contributed by atoms with Crippen LogP contribution in [0.4, 0.5) is 0 Å². The number of thiazole rings is 1. The molecule has 1 aromatic carbocycles. The first kappa shape index (κ1) is 21.4. The number of carbonyl (C=O) groups is 1. The molecule has 7 heteroatoms. The number of hydrogen-bond acceptors (Lipinski definition) is 5. The Balaban J connectivity index is 1.39. The van der Waals surface area contributed by atoms with Gasteiger partial charge in [-0.05, 0) is 67.9 Å². The molecule has 168 valence electrons. The topological polar surface area (TPSA) is 87.2 Å². The molecule has 1 aliphatic heterocycles. The van der Waals surface area contributed by atoms with Crippen molar-refractivity contribution >= 4 is 17.2 Å². The molecule has 3 heterocycles. The highest BCUT2D eigenvalue weighted by molar-refractivity contribution is 7.14. The van der Waals surface area contributed by atoms with E-state index in [0.29, 0.717) is 12.0 Å². The van der Waals surface area contributed by atoms with E-state index in [2.05, 4.69) is 39.6 Å². The number of ether oxygens (including phenoxy) is 1. The third-order valence-electron chi connectivity index (χ3n) is 6.42. The predicted octanol–water partition coefficient (Wildman–Crippen LogP) is 4.47. The van der Waals surface area contributed by atoms with Crippen molar-refractivity contribution in [3.63, 3.8) is 0 Å². The summed E-state index contributed by atoms with van der Waals surface area (Å²) < 4.78 is 5.57. The molecule has 2 fully saturated rings. The highest BCUT2D eigenvalue weighted by Gasteiger charge is 2.25. The summed E-state index contributed by atoms with van der Waals surface area (Å²) in [6, 6.07) is 12.7. The first-order valence-electron chi connectivity index (χ1n) is 11.4. The molecule has 1 aliphatic carbocycles. The number of amides is 1. The van der Waals surface area contributed by atoms with Crippen molar-refractivity contribution in [1.82, 2.24) is 15.3 Å². The Labute approximate surface area is 192 Å². The lowest BCUT2D eigenvalue weighted by molar-refractivity contribution is 0.0626. The van der Waals surface area contributed by atoms with Crippen molar-refractivity contribution in [1.29, 1.82) is 0 Å². The number of hydrogen-bond donors (Lipinski definition) is 3. The molecule has 1 unspecified atom stereocenters. The van der Waals surface area contributed by atoms with E-state index < -0.39 is 0 Å². The Hall–Kier alpha value is -2.48. The summed E-state index contributed by atoms with van der Waals surface area (Å²) in [4.78, 5) is 21.3. The van der Waals surface area contributed by atoms with E-state index in [1.807, 2.05) is 12.1 Å². The van der Waals surface area contributed by atoms with Crippen molar-refractivity contribution in [3.05, 3.63) is 64.3 Å². The van der Waals surface area contributed by atoms with Gasteiger partial charge < -0.3 is 20.1 Å². The van der Waals surface area contributed by atoms with Crippen LogP contribution in [0, 0.1) is 5.92 Å². The highest BCUT2D eigenvalue weighted by atomic mass is 32.1. The maximum atomic E-state index is 12.4. The predicted molar refractivity (Wildman–Crippen MR) is 125 cm³/mol. The Morgan fingerprint density at radius 2 is 1.94 bits per heavy atom. The van der Waals surface area contributed by atoms with Gasteiger partial charge in [0, 0.05) is 42.6 Å². The summed E-state index contributed by atoms with van der Waals surface area (Å²) in [6.45, 7) is 1.67. The second-order valence-corrected chi connectivity index (χ2v) is 9.95. The van der Waals surface area contributed by atoms with Crippen LogP contribution in [0.15, 0.2) is 42.6 Å². The van der Waals surface area contributed by atoms with Crippen LogP contribution in [0.3, 0.4) is 0 Å². The number of nitrogens with zero attached hydrogens (tertiary/aromatic N) is 1. The number of H-pyrrole nitrogens is 1. The van der Waals surface area contributed by atoms with Crippen LogP contribution in [0.25, 0.3) is 10.7 Å². The largest absolute Gasteiger partial charge is 0.391 e. The molecular formula is C25H29N3O3S. The number of nitrogens with one attached hydrogen (secondary N) is 2. The lowest BCUT2D eigenvalue weighted by Gasteiger charge is -2.27. The van der Waals surface area contributed by atoms with Gasteiger partial charge in [-0.1, -0.05) is 12.1 Å². The zero-order chi connectivity index (χ0) is 21.9. The first-order chi connectivity index (χ1) is 15.7. The van der Waals surface area contributed by atoms with Crippen molar-refractivity contribution in [2.75, 3.05) is 13.2 Å². The first-order valence-corrected chi connectivity index (χ1v) is 12.2. The van der Waals surface area contributed by atoms with Gasteiger partial charge in [-0.2, -0.15) is 0 Å². The quantitative estimate of drug-likeness (QED) is 0.472. The van der Waals surface area contributed by atoms with Crippen molar-refractivity contribution in [2.24, 2.45) is 5.92 Å². The molecule has 3 N–H and O–H groups in total. The second-order valence-electron chi connectivity index (χ2n) is 8.83. The molecule has 0 spiro atoms. The molecule has 2 aliphatic rings. The number of aromatic nitrogens is 2. The lowest BCUT2D eigenvalue weighted by atomic mass is 9.83. The molecule has 0 radical (unpaired) electrons. The van der Waals surface area contributed by atoms with Crippen LogP contribution >= 0.6 is 11.3 Å². The van der Waals surface area contributed by atoms with Gasteiger partial charge in [0.25, 0.3) is 5.91 Å². The number of aliphatic hydroxyl groups excluding tert-OH is 1. The van der Waals surface area contributed by atoms with E-state index in [1.54, 1.807) is 6.20 Å². The van der Waals surface area contributed by atoms with Gasteiger partial charge in [0.1, 0.15) is 5.01 Å².